The molecule has 0 aromatic heterocycles. The van der Waals surface area contributed by atoms with Gasteiger partial charge in [-0.3, -0.25) is 9.69 Å². The van der Waals surface area contributed by atoms with Crippen LogP contribution in [0, 0.1) is 5.82 Å². The van der Waals surface area contributed by atoms with Crippen molar-refractivity contribution in [1.29, 1.82) is 0 Å². The first kappa shape index (κ1) is 18.1. The van der Waals surface area contributed by atoms with Gasteiger partial charge in [0.25, 0.3) is 0 Å². The second-order valence-electron chi connectivity index (χ2n) is 6.39. The Morgan fingerprint density at radius 1 is 1.24 bits per heavy atom. The first-order valence-corrected chi connectivity index (χ1v) is 8.68. The fraction of sp³-hybridized carbons (Fsp3) is 0.611. The first-order valence-electron chi connectivity index (χ1n) is 8.68. The average molecular weight is 352 g/mol. The molecule has 6 nitrogen and oxygen atoms in total. The topological polar surface area (TPSA) is 51.2 Å². The molecule has 2 fully saturated rings. The molecular formula is C18H25FN2O4. The van der Waals surface area contributed by atoms with Gasteiger partial charge in [0.1, 0.15) is 6.61 Å². The molecule has 0 N–H and O–H groups in total. The van der Waals surface area contributed by atoms with E-state index in [1.165, 1.54) is 6.07 Å². The fourth-order valence-electron chi connectivity index (χ4n) is 3.44. The Labute approximate surface area is 147 Å². The van der Waals surface area contributed by atoms with E-state index in [2.05, 4.69) is 4.90 Å². The number of rotatable bonds is 8. The molecule has 25 heavy (non-hydrogen) atoms. The summed E-state index contributed by atoms with van der Waals surface area (Å²) in [6.45, 7) is 4.17. The van der Waals surface area contributed by atoms with Gasteiger partial charge in [-0.25, -0.2) is 4.39 Å². The van der Waals surface area contributed by atoms with Gasteiger partial charge in [0.2, 0.25) is 5.91 Å². The van der Waals surface area contributed by atoms with Crippen molar-refractivity contribution in [3.05, 3.63) is 30.1 Å². The van der Waals surface area contributed by atoms with Crippen LogP contribution < -0.4 is 4.74 Å². The van der Waals surface area contributed by atoms with Crippen molar-refractivity contribution >= 4 is 5.91 Å². The standard InChI is InChI=1S/C18H25FN2O4/c1-23-10-8-21-15-11-20(12-17(15)25-13-18(21)22)7-4-9-24-16-6-3-2-5-14(16)19/h2-3,5-6,15,17H,4,7-13H2,1H3/t15-,17-/m0/s1. The third-order valence-electron chi connectivity index (χ3n) is 4.70. The predicted octanol–water partition coefficient (Wildman–Crippen LogP) is 1.15. The van der Waals surface area contributed by atoms with Gasteiger partial charge in [0.15, 0.2) is 11.6 Å². The zero-order valence-corrected chi connectivity index (χ0v) is 14.5. The molecule has 138 valence electrons. The summed E-state index contributed by atoms with van der Waals surface area (Å²) in [5, 5.41) is 0. The van der Waals surface area contributed by atoms with Crippen LogP contribution in [0.3, 0.4) is 0 Å². The molecule has 0 aliphatic carbocycles. The van der Waals surface area contributed by atoms with Gasteiger partial charge >= 0.3 is 0 Å². The minimum atomic E-state index is -0.338. The zero-order valence-electron chi connectivity index (χ0n) is 14.5. The molecule has 1 aromatic carbocycles. The third kappa shape index (κ3) is 4.48. The van der Waals surface area contributed by atoms with Gasteiger partial charge in [0, 0.05) is 33.3 Å². The van der Waals surface area contributed by atoms with Gasteiger partial charge in [-0.1, -0.05) is 12.1 Å². The van der Waals surface area contributed by atoms with Crippen molar-refractivity contribution in [1.82, 2.24) is 9.80 Å². The highest BCUT2D eigenvalue weighted by atomic mass is 19.1. The number of halogens is 1. The molecule has 2 aliphatic rings. The minimum absolute atomic E-state index is 0.0306. The number of hydrogen-bond acceptors (Lipinski definition) is 5. The predicted molar refractivity (Wildman–Crippen MR) is 90.1 cm³/mol. The second kappa shape index (κ2) is 8.60. The minimum Gasteiger partial charge on any atom is -0.490 e. The molecule has 2 atom stereocenters. The van der Waals surface area contributed by atoms with Gasteiger partial charge in [0.05, 0.1) is 25.4 Å². The van der Waals surface area contributed by atoms with Crippen molar-refractivity contribution in [3.8, 4) is 5.75 Å². The van der Waals surface area contributed by atoms with Crippen molar-refractivity contribution in [2.45, 2.75) is 18.6 Å². The van der Waals surface area contributed by atoms with Crippen LogP contribution in [0.5, 0.6) is 5.75 Å². The Morgan fingerprint density at radius 2 is 2.08 bits per heavy atom. The lowest BCUT2D eigenvalue weighted by Crippen LogP contribution is -2.54. The van der Waals surface area contributed by atoms with Crippen LogP contribution >= 0.6 is 0 Å². The summed E-state index contributed by atoms with van der Waals surface area (Å²) >= 11 is 0. The summed E-state index contributed by atoms with van der Waals surface area (Å²) in [4.78, 5) is 16.2. The fourth-order valence-corrected chi connectivity index (χ4v) is 3.44. The van der Waals surface area contributed by atoms with E-state index in [9.17, 15) is 9.18 Å². The highest BCUT2D eigenvalue weighted by Gasteiger charge is 2.42. The van der Waals surface area contributed by atoms with Crippen LogP contribution in [0.2, 0.25) is 0 Å². The summed E-state index contributed by atoms with van der Waals surface area (Å²) in [6, 6.07) is 6.51. The molecule has 3 rings (SSSR count). The van der Waals surface area contributed by atoms with Crippen LogP contribution in [0.25, 0.3) is 0 Å². The lowest BCUT2D eigenvalue weighted by molar-refractivity contribution is -0.153. The largest absolute Gasteiger partial charge is 0.490 e. The molecule has 2 heterocycles. The summed E-state index contributed by atoms with van der Waals surface area (Å²) in [5.74, 6) is -0.0179. The molecule has 2 saturated heterocycles. The van der Waals surface area contributed by atoms with E-state index in [1.54, 1.807) is 25.3 Å². The van der Waals surface area contributed by atoms with Crippen LogP contribution in [0.15, 0.2) is 24.3 Å². The SMILES string of the molecule is COCCN1C(=O)CO[C@H]2CN(CCCOc3ccccc3F)C[C@@H]21. The molecule has 0 saturated carbocycles. The summed E-state index contributed by atoms with van der Waals surface area (Å²) < 4.78 is 29.8. The number of morpholine rings is 1. The Balaban J connectivity index is 1.44. The first-order chi connectivity index (χ1) is 12.2. The number of para-hydroxylation sites is 1. The Morgan fingerprint density at radius 3 is 2.88 bits per heavy atom. The number of amides is 1. The maximum atomic E-state index is 13.5. The van der Waals surface area contributed by atoms with Crippen LogP contribution in [0.4, 0.5) is 4.39 Å². The second-order valence-corrected chi connectivity index (χ2v) is 6.39. The quantitative estimate of drug-likeness (QED) is 0.657. The summed E-state index contributed by atoms with van der Waals surface area (Å²) in [5.41, 5.74) is 0. The molecule has 0 bridgehead atoms. The molecular weight excluding hydrogens is 327 g/mol. The smallest absolute Gasteiger partial charge is 0.249 e. The van der Waals surface area contributed by atoms with Crippen LogP contribution in [-0.4, -0.2) is 81.0 Å². The Hall–Kier alpha value is -1.70. The lowest BCUT2D eigenvalue weighted by Gasteiger charge is -2.36. The number of methoxy groups -OCH3 is 1. The van der Waals surface area contributed by atoms with E-state index in [0.29, 0.717) is 19.8 Å². The normalized spacial score (nSPS) is 23.8. The van der Waals surface area contributed by atoms with E-state index in [1.807, 2.05) is 4.90 Å². The van der Waals surface area contributed by atoms with Gasteiger partial charge in [-0.2, -0.15) is 0 Å². The van der Waals surface area contributed by atoms with E-state index >= 15 is 0 Å². The zero-order chi connectivity index (χ0) is 17.6. The van der Waals surface area contributed by atoms with Gasteiger partial charge < -0.3 is 19.1 Å². The highest BCUT2D eigenvalue weighted by molar-refractivity contribution is 5.78. The van der Waals surface area contributed by atoms with E-state index in [0.717, 1.165) is 26.1 Å². The van der Waals surface area contributed by atoms with E-state index < -0.39 is 0 Å². The Kier molecular flexibility index (Phi) is 6.23. The molecule has 7 heteroatoms. The highest BCUT2D eigenvalue weighted by Crippen LogP contribution is 2.23. The summed E-state index contributed by atoms with van der Waals surface area (Å²) in [6.07, 6.45) is 0.849. The van der Waals surface area contributed by atoms with Crippen LogP contribution in [-0.2, 0) is 14.3 Å². The number of fused-ring (bicyclic) bond motifs is 1. The van der Waals surface area contributed by atoms with Gasteiger partial charge in [-0.15, -0.1) is 0 Å². The lowest BCUT2D eigenvalue weighted by atomic mass is 10.1. The molecule has 0 unspecified atom stereocenters. The van der Waals surface area contributed by atoms with Gasteiger partial charge in [-0.05, 0) is 18.6 Å². The van der Waals surface area contributed by atoms with E-state index in [-0.39, 0.29) is 36.2 Å². The van der Waals surface area contributed by atoms with E-state index in [4.69, 9.17) is 14.2 Å². The summed E-state index contributed by atoms with van der Waals surface area (Å²) in [7, 11) is 1.64. The molecule has 1 aromatic rings. The Bertz CT molecular complexity index is 586. The number of benzene rings is 1. The van der Waals surface area contributed by atoms with Crippen LogP contribution in [0.1, 0.15) is 6.42 Å². The number of ether oxygens (including phenoxy) is 3. The van der Waals surface area contributed by atoms with Crippen molar-refractivity contribution in [3.63, 3.8) is 0 Å². The number of hydrogen-bond donors (Lipinski definition) is 0. The number of carbonyl (C=O) groups is 1. The number of carbonyl (C=O) groups excluding carboxylic acids is 1. The van der Waals surface area contributed by atoms with Crippen molar-refractivity contribution < 1.29 is 23.4 Å². The number of nitrogens with zero attached hydrogens (tertiary/aromatic N) is 2. The molecule has 0 spiro atoms. The molecule has 0 radical (unpaired) electrons. The van der Waals surface area contributed by atoms with Crippen molar-refractivity contribution in [2.24, 2.45) is 0 Å². The average Bonchev–Trinajstić information content (AvgIpc) is 3.02. The number of likely N-dealkylation sites (tertiary alicyclic amines) is 1. The molecule has 1 amide bonds. The monoisotopic (exact) mass is 352 g/mol. The molecule has 2 aliphatic heterocycles. The maximum absolute atomic E-state index is 13.5. The maximum Gasteiger partial charge on any atom is 0.249 e. The third-order valence-corrected chi connectivity index (χ3v) is 4.70. The van der Waals surface area contributed by atoms with Crippen molar-refractivity contribution in [2.75, 3.05) is 53.1 Å².